The summed E-state index contributed by atoms with van der Waals surface area (Å²) in [5.41, 5.74) is -0.154. The van der Waals surface area contributed by atoms with E-state index in [0.717, 1.165) is 37.2 Å². The second-order valence-corrected chi connectivity index (χ2v) is 9.53. The molecule has 2 saturated heterocycles. The Bertz CT molecular complexity index is 659. The first-order chi connectivity index (χ1) is 14.0. The summed E-state index contributed by atoms with van der Waals surface area (Å²) in [6.07, 6.45) is 3.80. The van der Waals surface area contributed by atoms with Gasteiger partial charge in [-0.3, -0.25) is 0 Å². The van der Waals surface area contributed by atoms with Crippen molar-refractivity contribution in [2.45, 2.75) is 65.0 Å². The number of ether oxygens (including phenoxy) is 4. The van der Waals surface area contributed by atoms with Crippen LogP contribution in [0, 0.1) is 0 Å². The Morgan fingerprint density at radius 3 is 1.20 bits per heavy atom. The lowest BCUT2D eigenvalue weighted by Gasteiger charge is -2.29. The molecule has 0 radical (unpaired) electrons. The third-order valence-electron chi connectivity index (χ3n) is 3.91. The van der Waals surface area contributed by atoms with Crippen LogP contribution >= 0.6 is 23.5 Å². The van der Waals surface area contributed by atoms with Crippen LogP contribution in [0.5, 0.6) is 0 Å². The molecule has 10 heteroatoms. The number of hydrogen-bond donors (Lipinski definition) is 0. The highest BCUT2D eigenvalue weighted by Gasteiger charge is 2.39. The van der Waals surface area contributed by atoms with Crippen LogP contribution in [-0.4, -0.2) is 47.0 Å². The van der Waals surface area contributed by atoms with Gasteiger partial charge in [-0.05, 0) is 35.2 Å². The maximum atomic E-state index is 11.8. The molecule has 0 amide bonds. The number of thioether (sulfide) groups is 2. The normalized spacial score (nSPS) is 20.1. The van der Waals surface area contributed by atoms with Gasteiger partial charge in [-0.2, -0.15) is 0 Å². The summed E-state index contributed by atoms with van der Waals surface area (Å²) >= 11 is 2.75. The maximum absolute atomic E-state index is 11.8. The third-order valence-corrected chi connectivity index (χ3v) is 5.76. The fraction of sp³-hybridized carbons (Fsp3) is 0.600. The molecule has 0 bridgehead atoms. The molecule has 2 rings (SSSR count). The second kappa shape index (κ2) is 10.4. The van der Waals surface area contributed by atoms with Crippen molar-refractivity contribution in [3.8, 4) is 0 Å². The van der Waals surface area contributed by atoms with E-state index in [9.17, 15) is 19.2 Å². The van der Waals surface area contributed by atoms with Gasteiger partial charge in [0.2, 0.25) is 0 Å². The zero-order chi connectivity index (χ0) is 22.4. The Morgan fingerprint density at radius 2 is 0.900 bits per heavy atom. The summed E-state index contributed by atoms with van der Waals surface area (Å²) in [5, 5.41) is 2.98. The summed E-state index contributed by atoms with van der Waals surface area (Å²) in [5.74, 6) is -3.57. The van der Waals surface area contributed by atoms with Crippen molar-refractivity contribution in [1.29, 1.82) is 0 Å². The monoisotopic (exact) mass is 458 g/mol. The van der Waals surface area contributed by atoms with E-state index in [-0.39, 0.29) is 11.1 Å². The predicted octanol–water partition coefficient (Wildman–Crippen LogP) is 3.45. The fourth-order valence-corrected chi connectivity index (χ4v) is 4.22. The number of carbonyl (C=O) groups is 4. The second-order valence-electron chi connectivity index (χ2n) is 7.58. The standard InChI is InChI=1S/C20H26O8S2/c1-19(2)25-15(21)13(16(22)26-19)11-29-9-7-5-6-8-10-30-12-14-17(23)27-20(3,4)28-18(14)24/h11-12H,5-10H2,1-4H3. The van der Waals surface area contributed by atoms with Gasteiger partial charge in [-0.25, -0.2) is 19.2 Å². The highest BCUT2D eigenvalue weighted by Crippen LogP contribution is 2.26. The van der Waals surface area contributed by atoms with Gasteiger partial charge in [0, 0.05) is 27.7 Å². The molecule has 0 atom stereocenters. The molecular weight excluding hydrogens is 432 g/mol. The predicted molar refractivity (Wildman–Crippen MR) is 112 cm³/mol. The topological polar surface area (TPSA) is 105 Å². The van der Waals surface area contributed by atoms with Crippen LogP contribution in [0.2, 0.25) is 0 Å². The first-order valence-corrected chi connectivity index (χ1v) is 11.7. The van der Waals surface area contributed by atoms with Gasteiger partial charge in [0.05, 0.1) is 0 Å². The molecule has 0 unspecified atom stereocenters. The molecule has 30 heavy (non-hydrogen) atoms. The van der Waals surface area contributed by atoms with Gasteiger partial charge in [0.15, 0.2) is 11.1 Å². The Labute approximate surface area is 184 Å². The lowest BCUT2D eigenvalue weighted by atomic mass is 10.2. The molecule has 0 aromatic heterocycles. The molecule has 8 nitrogen and oxygen atoms in total. The Balaban J connectivity index is 1.58. The molecule has 0 N–H and O–H groups in total. The zero-order valence-corrected chi connectivity index (χ0v) is 19.1. The fourth-order valence-electron chi connectivity index (χ4n) is 2.52. The van der Waals surface area contributed by atoms with Crippen LogP contribution in [0.15, 0.2) is 22.0 Å². The van der Waals surface area contributed by atoms with Gasteiger partial charge in [0.1, 0.15) is 0 Å². The van der Waals surface area contributed by atoms with E-state index in [4.69, 9.17) is 18.9 Å². The largest absolute Gasteiger partial charge is 0.419 e. The minimum absolute atomic E-state index is 0.0769. The summed E-state index contributed by atoms with van der Waals surface area (Å²) in [6, 6.07) is 0. The summed E-state index contributed by atoms with van der Waals surface area (Å²) < 4.78 is 20.1. The van der Waals surface area contributed by atoms with Gasteiger partial charge >= 0.3 is 23.9 Å². The summed E-state index contributed by atoms with van der Waals surface area (Å²) in [7, 11) is 0. The number of unbranched alkanes of at least 4 members (excludes halogenated alkanes) is 3. The van der Waals surface area contributed by atoms with Crippen molar-refractivity contribution in [2.24, 2.45) is 0 Å². The van der Waals surface area contributed by atoms with Crippen molar-refractivity contribution in [3.63, 3.8) is 0 Å². The first kappa shape index (κ1) is 24.3. The molecule has 2 heterocycles. The molecule has 0 spiro atoms. The van der Waals surface area contributed by atoms with Crippen molar-refractivity contribution in [1.82, 2.24) is 0 Å². The van der Waals surface area contributed by atoms with E-state index in [2.05, 4.69) is 0 Å². The number of hydrogen-bond acceptors (Lipinski definition) is 10. The Hall–Kier alpha value is -1.94. The number of cyclic esters (lactones) is 4. The maximum Gasteiger partial charge on any atom is 0.349 e. The van der Waals surface area contributed by atoms with E-state index in [0.29, 0.717) is 0 Å². The highest BCUT2D eigenvalue weighted by molar-refractivity contribution is 8.02. The van der Waals surface area contributed by atoms with Gasteiger partial charge in [0.25, 0.3) is 11.6 Å². The van der Waals surface area contributed by atoms with Crippen molar-refractivity contribution in [2.75, 3.05) is 11.5 Å². The van der Waals surface area contributed by atoms with Crippen LogP contribution in [-0.2, 0) is 38.1 Å². The minimum Gasteiger partial charge on any atom is -0.419 e. The highest BCUT2D eigenvalue weighted by atomic mass is 32.2. The van der Waals surface area contributed by atoms with E-state index >= 15 is 0 Å². The first-order valence-electron chi connectivity index (χ1n) is 9.58. The molecular formula is C20H26O8S2. The SMILES string of the molecule is CC1(C)OC(=O)C(=CSCCCCCCSC=C2C(=O)OC(C)(C)OC2=O)C(=O)O1. The molecule has 166 valence electrons. The lowest BCUT2D eigenvalue weighted by Crippen LogP contribution is -2.41. The minimum atomic E-state index is -1.22. The van der Waals surface area contributed by atoms with Crippen LogP contribution in [0.1, 0.15) is 53.4 Å². The summed E-state index contributed by atoms with van der Waals surface area (Å²) in [4.78, 5) is 47.2. The van der Waals surface area contributed by atoms with Gasteiger partial charge in [-0.15, -0.1) is 23.5 Å². The van der Waals surface area contributed by atoms with Gasteiger partial charge in [-0.1, -0.05) is 12.8 Å². The van der Waals surface area contributed by atoms with Crippen molar-refractivity contribution < 1.29 is 38.1 Å². The average molecular weight is 459 g/mol. The molecule has 2 aliphatic heterocycles. The van der Waals surface area contributed by atoms with E-state index < -0.39 is 35.5 Å². The molecule has 0 aromatic carbocycles. The number of rotatable bonds is 9. The quantitative estimate of drug-likeness (QED) is 0.221. The Morgan fingerprint density at radius 1 is 0.600 bits per heavy atom. The molecule has 0 aliphatic carbocycles. The third kappa shape index (κ3) is 7.39. The van der Waals surface area contributed by atoms with Crippen LogP contribution in [0.3, 0.4) is 0 Å². The zero-order valence-electron chi connectivity index (χ0n) is 17.5. The van der Waals surface area contributed by atoms with Crippen molar-refractivity contribution >= 4 is 47.4 Å². The molecule has 0 saturated carbocycles. The molecule has 2 fully saturated rings. The average Bonchev–Trinajstić information content (AvgIpc) is 2.58. The smallest absolute Gasteiger partial charge is 0.349 e. The van der Waals surface area contributed by atoms with Crippen molar-refractivity contribution in [3.05, 3.63) is 22.0 Å². The lowest BCUT2D eigenvalue weighted by molar-refractivity contribution is -0.224. The van der Waals surface area contributed by atoms with E-state index in [1.165, 1.54) is 62.0 Å². The molecule has 0 aromatic rings. The van der Waals surface area contributed by atoms with E-state index in [1.807, 2.05) is 0 Å². The number of carbonyl (C=O) groups excluding carboxylic acids is 4. The van der Waals surface area contributed by atoms with Crippen LogP contribution < -0.4 is 0 Å². The van der Waals surface area contributed by atoms with Crippen LogP contribution in [0.25, 0.3) is 0 Å². The molecule has 2 aliphatic rings. The summed E-state index contributed by atoms with van der Waals surface area (Å²) in [6.45, 7) is 6.03. The van der Waals surface area contributed by atoms with E-state index in [1.54, 1.807) is 0 Å². The van der Waals surface area contributed by atoms with Gasteiger partial charge < -0.3 is 18.9 Å². The Kier molecular flexibility index (Phi) is 8.42. The van der Waals surface area contributed by atoms with Crippen LogP contribution in [0.4, 0.5) is 0 Å². The number of esters is 4.